The van der Waals surface area contributed by atoms with Gasteiger partial charge in [-0.2, -0.15) is 5.26 Å². The molecule has 16 heavy (non-hydrogen) atoms. The molecule has 0 fully saturated rings. The molecule has 0 rings (SSSR count). The molecule has 0 aromatic carbocycles. The summed E-state index contributed by atoms with van der Waals surface area (Å²) in [6.07, 6.45) is 1.37. The topological polar surface area (TPSA) is 113 Å². The van der Waals surface area contributed by atoms with E-state index in [1.807, 2.05) is 0 Å². The number of rotatable bonds is 6. The first-order chi connectivity index (χ1) is 7.38. The van der Waals surface area contributed by atoms with Gasteiger partial charge in [0.15, 0.2) is 11.8 Å². The molecular formula is C10H14N3O3. The van der Waals surface area contributed by atoms with E-state index in [0.717, 1.165) is 0 Å². The molecule has 6 nitrogen and oxygen atoms in total. The van der Waals surface area contributed by atoms with Gasteiger partial charge in [-0.25, -0.2) is 0 Å². The highest BCUT2D eigenvalue weighted by Crippen LogP contribution is 2.03. The number of nitriles is 1. The van der Waals surface area contributed by atoms with E-state index in [9.17, 15) is 14.4 Å². The summed E-state index contributed by atoms with van der Waals surface area (Å²) in [6.45, 7) is 2.79. The summed E-state index contributed by atoms with van der Waals surface area (Å²) >= 11 is 0. The summed E-state index contributed by atoms with van der Waals surface area (Å²) in [5.74, 6) is -1.96. The van der Waals surface area contributed by atoms with Crippen molar-refractivity contribution in [3.63, 3.8) is 0 Å². The number of carbonyl (C=O) groups is 3. The number of amides is 2. The number of hydrogen-bond acceptors (Lipinski definition) is 4. The molecule has 0 heterocycles. The Bertz CT molecular complexity index is 333. The van der Waals surface area contributed by atoms with Gasteiger partial charge >= 0.3 is 0 Å². The van der Waals surface area contributed by atoms with Crippen molar-refractivity contribution in [3.05, 3.63) is 6.42 Å². The molecule has 0 aliphatic rings. The Balaban J connectivity index is 4.05. The van der Waals surface area contributed by atoms with Crippen LogP contribution in [0.15, 0.2) is 0 Å². The number of Topliss-reactive ketones (excluding diaryl/α,β-unsaturated/α-hetero) is 1. The van der Waals surface area contributed by atoms with Crippen molar-refractivity contribution in [2.24, 2.45) is 11.7 Å². The lowest BCUT2D eigenvalue weighted by Gasteiger charge is -2.09. The first-order valence-electron chi connectivity index (χ1n) is 4.71. The van der Waals surface area contributed by atoms with E-state index in [1.165, 1.54) is 13.3 Å². The summed E-state index contributed by atoms with van der Waals surface area (Å²) in [4.78, 5) is 32.7. The normalized spacial score (nSPS) is 13.3. The molecule has 0 aromatic heterocycles. The molecule has 0 bridgehead atoms. The number of nitrogens with one attached hydrogen (secondary N) is 1. The highest BCUT2D eigenvalue weighted by molar-refractivity contribution is 5.93. The zero-order valence-electron chi connectivity index (χ0n) is 9.19. The van der Waals surface area contributed by atoms with Crippen molar-refractivity contribution < 1.29 is 14.4 Å². The molecule has 87 valence electrons. The second kappa shape index (κ2) is 6.56. The van der Waals surface area contributed by atoms with Crippen LogP contribution in [-0.2, 0) is 14.4 Å². The highest BCUT2D eigenvalue weighted by Gasteiger charge is 2.17. The molecule has 0 aliphatic heterocycles. The molecule has 3 N–H and O–H groups in total. The van der Waals surface area contributed by atoms with Crippen molar-refractivity contribution in [1.82, 2.24) is 5.32 Å². The van der Waals surface area contributed by atoms with Crippen LogP contribution in [0.25, 0.3) is 0 Å². The molecule has 0 spiro atoms. The predicted octanol–water partition coefficient (Wildman–Crippen LogP) is -0.700. The Hall–Kier alpha value is -1.90. The van der Waals surface area contributed by atoms with Crippen molar-refractivity contribution in [2.45, 2.75) is 26.3 Å². The molecule has 2 unspecified atom stereocenters. The minimum absolute atomic E-state index is 0.178. The maximum Gasteiger partial charge on any atom is 0.225 e. The number of nitrogens with two attached hydrogens (primary N) is 1. The van der Waals surface area contributed by atoms with Gasteiger partial charge in [0.1, 0.15) is 0 Å². The van der Waals surface area contributed by atoms with E-state index in [0.29, 0.717) is 0 Å². The van der Waals surface area contributed by atoms with Gasteiger partial charge in [0.05, 0.1) is 12.5 Å². The molecule has 1 radical (unpaired) electrons. The largest absolute Gasteiger partial charge is 0.369 e. The van der Waals surface area contributed by atoms with Crippen molar-refractivity contribution in [1.29, 1.82) is 5.26 Å². The van der Waals surface area contributed by atoms with Crippen LogP contribution in [0.4, 0.5) is 0 Å². The number of ketones is 1. The predicted molar refractivity (Wildman–Crippen MR) is 55.5 cm³/mol. The van der Waals surface area contributed by atoms with Gasteiger partial charge in [-0.05, 0) is 13.3 Å². The third kappa shape index (κ3) is 5.10. The standard InChI is InChI=1S/C10H14N3O3/c1-6(10(12)16)3-4-9(15)13-8(5-11)7(2)14/h4,6,8H,3H2,1-2H3,(H2,12,16)(H,13,15). The van der Waals surface area contributed by atoms with Crippen LogP contribution in [0, 0.1) is 23.7 Å². The molecule has 0 aliphatic carbocycles. The lowest BCUT2D eigenvalue weighted by molar-refractivity contribution is -0.124. The van der Waals surface area contributed by atoms with E-state index < -0.39 is 29.6 Å². The van der Waals surface area contributed by atoms with E-state index >= 15 is 0 Å². The van der Waals surface area contributed by atoms with Gasteiger partial charge in [-0.15, -0.1) is 0 Å². The smallest absolute Gasteiger partial charge is 0.225 e. The van der Waals surface area contributed by atoms with Crippen LogP contribution in [0.5, 0.6) is 0 Å². The fraction of sp³-hybridized carbons (Fsp3) is 0.500. The zero-order chi connectivity index (χ0) is 12.7. The SMILES string of the molecule is CC(=O)C(C#N)NC(=O)[CH]CC(C)C(N)=O. The van der Waals surface area contributed by atoms with Gasteiger partial charge in [-0.1, -0.05) is 6.92 Å². The second-order valence-electron chi connectivity index (χ2n) is 3.42. The molecule has 2 amide bonds. The third-order valence-corrected chi connectivity index (χ3v) is 1.96. The van der Waals surface area contributed by atoms with E-state index in [2.05, 4.69) is 5.32 Å². The summed E-state index contributed by atoms with van der Waals surface area (Å²) in [7, 11) is 0. The molecule has 0 aromatic rings. The van der Waals surface area contributed by atoms with Crippen molar-refractivity contribution >= 4 is 17.6 Å². The average Bonchev–Trinajstić information content (AvgIpc) is 2.21. The average molecular weight is 224 g/mol. The summed E-state index contributed by atoms with van der Waals surface area (Å²) in [5, 5.41) is 10.7. The van der Waals surface area contributed by atoms with Crippen LogP contribution in [-0.4, -0.2) is 23.6 Å². The summed E-state index contributed by atoms with van der Waals surface area (Å²) in [6, 6.07) is 0.504. The van der Waals surface area contributed by atoms with Gasteiger partial charge in [0, 0.05) is 5.92 Å². The van der Waals surface area contributed by atoms with Crippen LogP contribution >= 0.6 is 0 Å². The van der Waals surface area contributed by atoms with Crippen LogP contribution in [0.2, 0.25) is 0 Å². The molecular weight excluding hydrogens is 210 g/mol. The van der Waals surface area contributed by atoms with Crippen molar-refractivity contribution in [2.75, 3.05) is 0 Å². The molecule has 2 atom stereocenters. The highest BCUT2D eigenvalue weighted by atomic mass is 16.2. The van der Waals surface area contributed by atoms with Gasteiger partial charge in [-0.3, -0.25) is 14.4 Å². The number of nitrogens with zero attached hydrogens (tertiary/aromatic N) is 1. The lowest BCUT2D eigenvalue weighted by Crippen LogP contribution is -2.39. The Morgan fingerprint density at radius 3 is 2.44 bits per heavy atom. The third-order valence-electron chi connectivity index (χ3n) is 1.96. The molecule has 6 heteroatoms. The first kappa shape index (κ1) is 14.1. The maximum absolute atomic E-state index is 11.2. The van der Waals surface area contributed by atoms with Gasteiger partial charge < -0.3 is 11.1 Å². The Morgan fingerprint density at radius 1 is 1.50 bits per heavy atom. The minimum Gasteiger partial charge on any atom is -0.369 e. The fourth-order valence-electron chi connectivity index (χ4n) is 0.826. The summed E-state index contributed by atoms with van der Waals surface area (Å²) in [5.41, 5.74) is 5.00. The fourth-order valence-corrected chi connectivity index (χ4v) is 0.826. The maximum atomic E-state index is 11.2. The summed E-state index contributed by atoms with van der Waals surface area (Å²) < 4.78 is 0. The van der Waals surface area contributed by atoms with Crippen LogP contribution in [0.3, 0.4) is 0 Å². The minimum atomic E-state index is -1.15. The van der Waals surface area contributed by atoms with Crippen molar-refractivity contribution in [3.8, 4) is 6.07 Å². The Labute approximate surface area is 93.8 Å². The zero-order valence-corrected chi connectivity index (χ0v) is 9.19. The Morgan fingerprint density at radius 2 is 2.06 bits per heavy atom. The molecule has 0 saturated heterocycles. The van der Waals surface area contributed by atoms with Gasteiger partial charge in [0.2, 0.25) is 11.8 Å². The molecule has 0 saturated carbocycles. The van der Waals surface area contributed by atoms with Crippen LogP contribution < -0.4 is 11.1 Å². The lowest BCUT2D eigenvalue weighted by atomic mass is 10.0. The van der Waals surface area contributed by atoms with E-state index in [-0.39, 0.29) is 6.42 Å². The quantitative estimate of drug-likeness (QED) is 0.621. The van der Waals surface area contributed by atoms with Crippen LogP contribution in [0.1, 0.15) is 20.3 Å². The van der Waals surface area contributed by atoms with E-state index in [4.69, 9.17) is 11.0 Å². The Kier molecular flexibility index (Phi) is 5.78. The first-order valence-corrected chi connectivity index (χ1v) is 4.71. The van der Waals surface area contributed by atoms with E-state index in [1.54, 1.807) is 13.0 Å². The number of primary amides is 1. The number of carbonyl (C=O) groups excluding carboxylic acids is 3. The van der Waals surface area contributed by atoms with Gasteiger partial charge in [0.25, 0.3) is 0 Å². The number of hydrogen-bond donors (Lipinski definition) is 2. The monoisotopic (exact) mass is 224 g/mol. The second-order valence-corrected chi connectivity index (χ2v) is 3.42.